The summed E-state index contributed by atoms with van der Waals surface area (Å²) >= 11 is 0. The molecule has 1 atom stereocenters. The van der Waals surface area contributed by atoms with Gasteiger partial charge in [0.15, 0.2) is 0 Å². The third-order valence-corrected chi connectivity index (χ3v) is 4.74. The number of benzene rings is 1. The van der Waals surface area contributed by atoms with E-state index in [4.69, 9.17) is 10.5 Å². The number of anilines is 1. The Morgan fingerprint density at radius 3 is 2.72 bits per heavy atom. The zero-order chi connectivity index (χ0) is 13.2. The molecule has 0 aromatic heterocycles. The highest BCUT2D eigenvalue weighted by atomic mass is 32.2. The SMILES string of the molecule is CC1(NS(=O)(=O)c2ccccc2N)CCCOC1. The molecule has 0 spiro atoms. The Morgan fingerprint density at radius 2 is 2.11 bits per heavy atom. The second-order valence-corrected chi connectivity index (χ2v) is 6.51. The molecule has 1 aromatic carbocycles. The number of hydrogen-bond acceptors (Lipinski definition) is 4. The monoisotopic (exact) mass is 270 g/mol. The summed E-state index contributed by atoms with van der Waals surface area (Å²) in [5, 5.41) is 0. The molecular weight excluding hydrogens is 252 g/mol. The van der Waals surface area contributed by atoms with E-state index in [-0.39, 0.29) is 10.6 Å². The summed E-state index contributed by atoms with van der Waals surface area (Å²) in [5.74, 6) is 0. The maximum absolute atomic E-state index is 12.3. The quantitative estimate of drug-likeness (QED) is 0.806. The van der Waals surface area contributed by atoms with Crippen LogP contribution in [0.5, 0.6) is 0 Å². The molecule has 3 N–H and O–H groups in total. The van der Waals surface area contributed by atoms with Crippen LogP contribution in [0.4, 0.5) is 5.69 Å². The molecule has 1 unspecified atom stereocenters. The fraction of sp³-hybridized carbons (Fsp3) is 0.500. The van der Waals surface area contributed by atoms with Gasteiger partial charge >= 0.3 is 0 Å². The summed E-state index contributed by atoms with van der Waals surface area (Å²) in [6.45, 7) is 2.92. The highest BCUT2D eigenvalue weighted by molar-refractivity contribution is 7.89. The number of para-hydroxylation sites is 1. The van der Waals surface area contributed by atoms with E-state index in [2.05, 4.69) is 4.72 Å². The fourth-order valence-corrected chi connectivity index (χ4v) is 3.67. The Labute approximate surface area is 107 Å². The van der Waals surface area contributed by atoms with Crippen LogP contribution in [0.1, 0.15) is 19.8 Å². The predicted molar refractivity (Wildman–Crippen MR) is 69.6 cm³/mol. The van der Waals surface area contributed by atoms with Crippen LogP contribution in [0, 0.1) is 0 Å². The molecule has 5 nitrogen and oxygen atoms in total. The molecule has 0 aliphatic carbocycles. The van der Waals surface area contributed by atoms with Crippen molar-refractivity contribution in [3.63, 3.8) is 0 Å². The van der Waals surface area contributed by atoms with Gasteiger partial charge in [-0.25, -0.2) is 13.1 Å². The standard InChI is InChI=1S/C12H18N2O3S/c1-12(7-4-8-17-9-12)14-18(15,16)11-6-3-2-5-10(11)13/h2-3,5-6,14H,4,7-9,13H2,1H3. The van der Waals surface area contributed by atoms with Crippen molar-refractivity contribution in [2.24, 2.45) is 0 Å². The molecule has 0 saturated carbocycles. The third-order valence-electron chi connectivity index (χ3n) is 3.03. The van der Waals surface area contributed by atoms with E-state index in [1.54, 1.807) is 18.2 Å². The first kappa shape index (κ1) is 13.3. The molecule has 1 fully saturated rings. The molecule has 100 valence electrons. The number of rotatable bonds is 3. The molecule has 1 aromatic rings. The van der Waals surface area contributed by atoms with Crippen LogP contribution < -0.4 is 10.5 Å². The summed E-state index contributed by atoms with van der Waals surface area (Å²) in [6.07, 6.45) is 1.61. The Bertz CT molecular complexity index is 522. The Morgan fingerprint density at radius 1 is 1.39 bits per heavy atom. The van der Waals surface area contributed by atoms with Crippen LogP contribution in [0.2, 0.25) is 0 Å². The molecule has 1 aliphatic rings. The summed E-state index contributed by atoms with van der Waals surface area (Å²) in [5.41, 5.74) is 5.40. The highest BCUT2D eigenvalue weighted by Gasteiger charge is 2.33. The lowest BCUT2D eigenvalue weighted by molar-refractivity contribution is 0.0386. The van der Waals surface area contributed by atoms with Crippen molar-refractivity contribution in [3.8, 4) is 0 Å². The molecule has 2 rings (SSSR count). The zero-order valence-electron chi connectivity index (χ0n) is 10.3. The number of nitrogens with one attached hydrogen (secondary N) is 1. The van der Waals surface area contributed by atoms with Gasteiger partial charge in [0.05, 0.1) is 17.8 Å². The summed E-state index contributed by atoms with van der Waals surface area (Å²) in [6, 6.07) is 6.45. The Kier molecular flexibility index (Phi) is 3.61. The predicted octanol–water partition coefficient (Wildman–Crippen LogP) is 1.12. The summed E-state index contributed by atoms with van der Waals surface area (Å²) in [4.78, 5) is 0.122. The van der Waals surface area contributed by atoms with E-state index >= 15 is 0 Å². The smallest absolute Gasteiger partial charge is 0.243 e. The Balaban J connectivity index is 2.25. The van der Waals surface area contributed by atoms with Gasteiger partial charge < -0.3 is 10.5 Å². The van der Waals surface area contributed by atoms with Gasteiger partial charge in [0, 0.05) is 6.61 Å². The van der Waals surface area contributed by atoms with Crippen LogP contribution in [-0.4, -0.2) is 27.2 Å². The van der Waals surface area contributed by atoms with Gasteiger partial charge in [0.25, 0.3) is 0 Å². The summed E-state index contributed by atoms with van der Waals surface area (Å²) < 4.78 is 32.6. The minimum absolute atomic E-state index is 0.122. The highest BCUT2D eigenvalue weighted by Crippen LogP contribution is 2.24. The maximum Gasteiger partial charge on any atom is 0.243 e. The maximum atomic E-state index is 12.3. The number of nitrogen functional groups attached to an aromatic ring is 1. The van der Waals surface area contributed by atoms with Crippen LogP contribution >= 0.6 is 0 Å². The molecule has 1 aliphatic heterocycles. The van der Waals surface area contributed by atoms with E-state index in [0.717, 1.165) is 12.8 Å². The molecule has 0 amide bonds. The molecule has 18 heavy (non-hydrogen) atoms. The van der Waals surface area contributed by atoms with Crippen molar-refractivity contribution in [2.45, 2.75) is 30.2 Å². The number of ether oxygens (including phenoxy) is 1. The molecule has 0 radical (unpaired) electrons. The average molecular weight is 270 g/mol. The van der Waals surface area contributed by atoms with E-state index < -0.39 is 15.6 Å². The van der Waals surface area contributed by atoms with Gasteiger partial charge in [0.1, 0.15) is 4.90 Å². The van der Waals surface area contributed by atoms with Crippen molar-refractivity contribution < 1.29 is 13.2 Å². The van der Waals surface area contributed by atoms with Gasteiger partial charge in [-0.1, -0.05) is 12.1 Å². The lowest BCUT2D eigenvalue weighted by Crippen LogP contribution is -2.51. The number of nitrogens with two attached hydrogens (primary N) is 1. The van der Waals surface area contributed by atoms with Crippen molar-refractivity contribution in [1.29, 1.82) is 0 Å². The fourth-order valence-electron chi connectivity index (χ4n) is 2.12. The second kappa shape index (κ2) is 4.87. The van der Waals surface area contributed by atoms with Crippen molar-refractivity contribution in [1.82, 2.24) is 4.72 Å². The average Bonchev–Trinajstić information content (AvgIpc) is 2.28. The lowest BCUT2D eigenvalue weighted by atomic mass is 9.97. The number of hydrogen-bond donors (Lipinski definition) is 2. The zero-order valence-corrected chi connectivity index (χ0v) is 11.2. The van der Waals surface area contributed by atoms with E-state index in [1.807, 2.05) is 6.92 Å². The minimum atomic E-state index is -3.60. The van der Waals surface area contributed by atoms with Crippen molar-refractivity contribution in [2.75, 3.05) is 18.9 Å². The van der Waals surface area contributed by atoms with Crippen LogP contribution in [0.3, 0.4) is 0 Å². The van der Waals surface area contributed by atoms with E-state index in [1.165, 1.54) is 6.07 Å². The first-order chi connectivity index (χ1) is 8.43. The van der Waals surface area contributed by atoms with Gasteiger partial charge in [0.2, 0.25) is 10.0 Å². The second-order valence-electron chi connectivity index (χ2n) is 4.86. The van der Waals surface area contributed by atoms with Gasteiger partial charge in [-0.2, -0.15) is 0 Å². The largest absolute Gasteiger partial charge is 0.398 e. The topological polar surface area (TPSA) is 81.4 Å². The minimum Gasteiger partial charge on any atom is -0.398 e. The van der Waals surface area contributed by atoms with Crippen LogP contribution in [0.15, 0.2) is 29.2 Å². The normalized spacial score (nSPS) is 24.9. The van der Waals surface area contributed by atoms with Gasteiger partial charge in [-0.05, 0) is 31.9 Å². The van der Waals surface area contributed by atoms with Gasteiger partial charge in [-0.15, -0.1) is 0 Å². The van der Waals surface area contributed by atoms with Crippen molar-refractivity contribution >= 4 is 15.7 Å². The van der Waals surface area contributed by atoms with E-state index in [9.17, 15) is 8.42 Å². The third kappa shape index (κ3) is 2.82. The van der Waals surface area contributed by atoms with E-state index in [0.29, 0.717) is 13.2 Å². The first-order valence-corrected chi connectivity index (χ1v) is 7.38. The van der Waals surface area contributed by atoms with Crippen molar-refractivity contribution in [3.05, 3.63) is 24.3 Å². The van der Waals surface area contributed by atoms with Gasteiger partial charge in [-0.3, -0.25) is 0 Å². The lowest BCUT2D eigenvalue weighted by Gasteiger charge is -2.33. The molecule has 1 saturated heterocycles. The molecule has 1 heterocycles. The molecule has 6 heteroatoms. The molecular formula is C12H18N2O3S. The van der Waals surface area contributed by atoms with Crippen LogP contribution in [-0.2, 0) is 14.8 Å². The summed E-state index contributed by atoms with van der Waals surface area (Å²) in [7, 11) is -3.60. The molecule has 0 bridgehead atoms. The number of sulfonamides is 1. The first-order valence-electron chi connectivity index (χ1n) is 5.89. The Hall–Kier alpha value is -1.11. The van der Waals surface area contributed by atoms with Crippen LogP contribution in [0.25, 0.3) is 0 Å².